The molecule has 1 saturated heterocycles. The SMILES string of the molecule is Cc1nn(C)c(N2CCCC2C(C)C)c1CNC(C)(C)C. The van der Waals surface area contributed by atoms with Gasteiger partial charge in [0.1, 0.15) is 5.82 Å². The summed E-state index contributed by atoms with van der Waals surface area (Å²) in [5, 5.41) is 8.31. The maximum atomic E-state index is 4.69. The van der Waals surface area contributed by atoms with Crippen molar-refractivity contribution in [2.45, 2.75) is 72.5 Å². The first kappa shape index (κ1) is 16.3. The summed E-state index contributed by atoms with van der Waals surface area (Å²) < 4.78 is 2.08. The minimum atomic E-state index is 0.127. The molecule has 1 N–H and O–H groups in total. The van der Waals surface area contributed by atoms with Crippen LogP contribution in [0.4, 0.5) is 5.82 Å². The van der Waals surface area contributed by atoms with Crippen LogP contribution in [0.5, 0.6) is 0 Å². The second kappa shape index (κ2) is 5.99. The summed E-state index contributed by atoms with van der Waals surface area (Å²) in [6, 6.07) is 0.646. The second-order valence-electron chi connectivity index (χ2n) is 7.76. The number of nitrogens with one attached hydrogen (secondary N) is 1. The van der Waals surface area contributed by atoms with Crippen molar-refractivity contribution in [2.75, 3.05) is 11.4 Å². The molecule has 0 amide bonds. The molecule has 1 aromatic heterocycles. The summed E-state index contributed by atoms with van der Waals surface area (Å²) in [5.41, 5.74) is 2.64. The maximum Gasteiger partial charge on any atom is 0.131 e. The van der Waals surface area contributed by atoms with E-state index in [2.05, 4.69) is 68.6 Å². The third-order valence-electron chi connectivity index (χ3n) is 4.45. The molecule has 1 unspecified atom stereocenters. The molecule has 2 rings (SSSR count). The Labute approximate surface area is 129 Å². The van der Waals surface area contributed by atoms with Crippen LogP contribution in [0.25, 0.3) is 0 Å². The maximum absolute atomic E-state index is 4.69. The number of hydrogen-bond donors (Lipinski definition) is 1. The topological polar surface area (TPSA) is 33.1 Å². The van der Waals surface area contributed by atoms with Gasteiger partial charge in [-0.1, -0.05) is 13.8 Å². The fraction of sp³-hybridized carbons (Fsp3) is 0.824. The Balaban J connectivity index is 2.30. The molecule has 120 valence electrons. The molecule has 0 radical (unpaired) electrons. The molecule has 0 bridgehead atoms. The first-order valence-corrected chi connectivity index (χ1v) is 8.25. The first-order chi connectivity index (χ1) is 9.70. The highest BCUT2D eigenvalue weighted by molar-refractivity contribution is 5.52. The number of aryl methyl sites for hydroxylation is 2. The summed E-state index contributed by atoms with van der Waals surface area (Å²) in [6.07, 6.45) is 2.59. The Morgan fingerprint density at radius 1 is 1.33 bits per heavy atom. The van der Waals surface area contributed by atoms with E-state index in [4.69, 9.17) is 0 Å². The molecule has 4 nitrogen and oxygen atoms in total. The lowest BCUT2D eigenvalue weighted by Gasteiger charge is -2.31. The van der Waals surface area contributed by atoms with Gasteiger partial charge in [0.2, 0.25) is 0 Å². The average molecular weight is 292 g/mol. The van der Waals surface area contributed by atoms with Gasteiger partial charge in [-0.2, -0.15) is 5.10 Å². The van der Waals surface area contributed by atoms with E-state index in [0.29, 0.717) is 12.0 Å². The second-order valence-corrected chi connectivity index (χ2v) is 7.76. The standard InChI is InChI=1S/C17H32N4/c1-12(2)15-9-8-10-21(15)16-14(11-18-17(4,5)6)13(3)19-20(16)7/h12,15,18H,8-11H2,1-7H3. The van der Waals surface area contributed by atoms with E-state index >= 15 is 0 Å². The van der Waals surface area contributed by atoms with Crippen molar-refractivity contribution in [1.82, 2.24) is 15.1 Å². The van der Waals surface area contributed by atoms with Crippen LogP contribution in [0.1, 0.15) is 58.7 Å². The van der Waals surface area contributed by atoms with E-state index in [1.54, 1.807) is 0 Å². The van der Waals surface area contributed by atoms with Crippen LogP contribution in [0.2, 0.25) is 0 Å². The van der Waals surface area contributed by atoms with Gasteiger partial charge in [-0.25, -0.2) is 0 Å². The minimum absolute atomic E-state index is 0.127. The van der Waals surface area contributed by atoms with Gasteiger partial charge in [0.25, 0.3) is 0 Å². The van der Waals surface area contributed by atoms with E-state index in [1.165, 1.54) is 24.2 Å². The van der Waals surface area contributed by atoms with Crippen molar-refractivity contribution >= 4 is 5.82 Å². The summed E-state index contributed by atoms with van der Waals surface area (Å²) in [7, 11) is 2.08. The zero-order valence-corrected chi connectivity index (χ0v) is 14.8. The number of nitrogens with zero attached hydrogens (tertiary/aromatic N) is 3. The highest BCUT2D eigenvalue weighted by Crippen LogP contribution is 2.33. The summed E-state index contributed by atoms with van der Waals surface area (Å²) >= 11 is 0. The molecule has 1 fully saturated rings. The van der Waals surface area contributed by atoms with Gasteiger partial charge in [0.15, 0.2) is 0 Å². The van der Waals surface area contributed by atoms with Crippen LogP contribution in [-0.4, -0.2) is 27.9 Å². The third-order valence-corrected chi connectivity index (χ3v) is 4.45. The van der Waals surface area contributed by atoms with Crippen molar-refractivity contribution in [2.24, 2.45) is 13.0 Å². The van der Waals surface area contributed by atoms with Crippen LogP contribution in [0, 0.1) is 12.8 Å². The molecular formula is C17H32N4. The van der Waals surface area contributed by atoms with Gasteiger partial charge < -0.3 is 10.2 Å². The van der Waals surface area contributed by atoms with E-state index in [0.717, 1.165) is 18.8 Å². The van der Waals surface area contributed by atoms with E-state index in [1.807, 2.05) is 0 Å². The van der Waals surface area contributed by atoms with Crippen LogP contribution >= 0.6 is 0 Å². The molecule has 1 aromatic rings. The zero-order chi connectivity index (χ0) is 15.8. The minimum Gasteiger partial charge on any atom is -0.353 e. The third kappa shape index (κ3) is 3.60. The van der Waals surface area contributed by atoms with Crippen molar-refractivity contribution in [3.05, 3.63) is 11.3 Å². The number of hydrogen-bond acceptors (Lipinski definition) is 3. The number of anilines is 1. The molecule has 0 aliphatic carbocycles. The number of rotatable bonds is 4. The van der Waals surface area contributed by atoms with Gasteiger partial charge >= 0.3 is 0 Å². The van der Waals surface area contributed by atoms with Crippen LogP contribution in [0.3, 0.4) is 0 Å². The molecule has 0 saturated carbocycles. The van der Waals surface area contributed by atoms with Crippen molar-refractivity contribution < 1.29 is 0 Å². The lowest BCUT2D eigenvalue weighted by molar-refractivity contribution is 0.422. The quantitative estimate of drug-likeness (QED) is 0.925. The predicted molar refractivity (Wildman–Crippen MR) is 89.7 cm³/mol. The zero-order valence-electron chi connectivity index (χ0n) is 14.8. The Bertz CT molecular complexity index is 482. The van der Waals surface area contributed by atoms with Crippen molar-refractivity contribution in [3.63, 3.8) is 0 Å². The van der Waals surface area contributed by atoms with Crippen LogP contribution in [-0.2, 0) is 13.6 Å². The molecule has 1 aliphatic heterocycles. The lowest BCUT2D eigenvalue weighted by atomic mass is 10.0. The molecule has 4 heteroatoms. The van der Waals surface area contributed by atoms with Crippen LogP contribution < -0.4 is 10.2 Å². The Morgan fingerprint density at radius 3 is 2.57 bits per heavy atom. The van der Waals surface area contributed by atoms with Crippen molar-refractivity contribution in [3.8, 4) is 0 Å². The fourth-order valence-corrected chi connectivity index (χ4v) is 3.36. The average Bonchev–Trinajstić information content (AvgIpc) is 2.89. The van der Waals surface area contributed by atoms with Gasteiger partial charge in [0, 0.05) is 37.3 Å². The molecular weight excluding hydrogens is 260 g/mol. The Hall–Kier alpha value is -1.03. The molecule has 0 spiro atoms. The summed E-state index contributed by atoms with van der Waals surface area (Å²) in [4.78, 5) is 2.59. The largest absolute Gasteiger partial charge is 0.353 e. The Kier molecular flexibility index (Phi) is 4.66. The van der Waals surface area contributed by atoms with Crippen LogP contribution in [0.15, 0.2) is 0 Å². The van der Waals surface area contributed by atoms with Gasteiger partial charge in [0.05, 0.1) is 5.69 Å². The molecule has 2 heterocycles. The monoisotopic (exact) mass is 292 g/mol. The van der Waals surface area contributed by atoms with E-state index in [9.17, 15) is 0 Å². The van der Waals surface area contributed by atoms with E-state index < -0.39 is 0 Å². The molecule has 1 aliphatic rings. The Morgan fingerprint density at radius 2 is 2.00 bits per heavy atom. The molecule has 0 aromatic carbocycles. The van der Waals surface area contributed by atoms with Gasteiger partial charge in [-0.3, -0.25) is 4.68 Å². The highest BCUT2D eigenvalue weighted by Gasteiger charge is 2.31. The number of aromatic nitrogens is 2. The van der Waals surface area contributed by atoms with Gasteiger partial charge in [-0.05, 0) is 46.5 Å². The highest BCUT2D eigenvalue weighted by atomic mass is 15.4. The predicted octanol–water partition coefficient (Wildman–Crippen LogP) is 3.24. The van der Waals surface area contributed by atoms with E-state index in [-0.39, 0.29) is 5.54 Å². The van der Waals surface area contributed by atoms with Crippen molar-refractivity contribution in [1.29, 1.82) is 0 Å². The van der Waals surface area contributed by atoms with Gasteiger partial charge in [-0.15, -0.1) is 0 Å². The lowest BCUT2D eigenvalue weighted by Crippen LogP contribution is -2.38. The fourth-order valence-electron chi connectivity index (χ4n) is 3.36. The molecule has 1 atom stereocenters. The first-order valence-electron chi connectivity index (χ1n) is 8.25. The summed E-state index contributed by atoms with van der Waals surface area (Å²) in [6.45, 7) is 15.5. The molecule has 21 heavy (non-hydrogen) atoms. The smallest absolute Gasteiger partial charge is 0.131 e. The normalized spacial score (nSPS) is 19.8. The summed E-state index contributed by atoms with van der Waals surface area (Å²) in [5.74, 6) is 2.01.